The van der Waals surface area contributed by atoms with Crippen LogP contribution in [-0.2, 0) is 4.79 Å². The molecule has 1 amide bonds. The van der Waals surface area contributed by atoms with Gasteiger partial charge in [0.05, 0.1) is 10.9 Å². The molecular formula is C12H22N2OS2. The number of hydrogen-bond acceptors (Lipinski definition) is 3. The van der Waals surface area contributed by atoms with Crippen molar-refractivity contribution in [3.05, 3.63) is 0 Å². The molecule has 3 nitrogen and oxygen atoms in total. The molecule has 5 heteroatoms. The summed E-state index contributed by atoms with van der Waals surface area (Å²) in [6.07, 6.45) is 0. The molecule has 0 saturated carbocycles. The number of carbonyl (C=O) groups excluding carboxylic acids is 1. The van der Waals surface area contributed by atoms with Gasteiger partial charge in [0.1, 0.15) is 0 Å². The number of thioether (sulfide) groups is 1. The van der Waals surface area contributed by atoms with Crippen molar-refractivity contribution in [1.29, 1.82) is 0 Å². The lowest BCUT2D eigenvalue weighted by Gasteiger charge is -2.39. The zero-order chi connectivity index (χ0) is 13.2. The third kappa shape index (κ3) is 3.85. The standard InChI is InChI=1S/C12H22N2OS2/c1-8(2)9(10(13)16)11(15)14-5-6-17-12(3,4)7-14/h8-9H,5-7H2,1-4H3,(H2,13,16). The fourth-order valence-electron chi connectivity index (χ4n) is 2.14. The van der Waals surface area contributed by atoms with Gasteiger partial charge in [-0.1, -0.05) is 26.1 Å². The molecule has 1 rings (SSSR count). The number of amides is 1. The van der Waals surface area contributed by atoms with Crippen molar-refractivity contribution < 1.29 is 4.79 Å². The Labute approximate surface area is 113 Å². The normalized spacial score (nSPS) is 21.4. The van der Waals surface area contributed by atoms with E-state index in [1.54, 1.807) is 0 Å². The average Bonchev–Trinajstić information content (AvgIpc) is 2.14. The van der Waals surface area contributed by atoms with E-state index in [1.807, 2.05) is 30.5 Å². The molecule has 0 radical (unpaired) electrons. The highest BCUT2D eigenvalue weighted by Crippen LogP contribution is 2.30. The summed E-state index contributed by atoms with van der Waals surface area (Å²) in [5, 5.41) is 0. The summed E-state index contributed by atoms with van der Waals surface area (Å²) in [7, 11) is 0. The number of nitrogens with zero attached hydrogens (tertiary/aromatic N) is 1. The molecule has 17 heavy (non-hydrogen) atoms. The van der Waals surface area contributed by atoms with E-state index in [4.69, 9.17) is 18.0 Å². The number of thiocarbonyl (C=S) groups is 1. The molecule has 0 aromatic heterocycles. The number of carbonyl (C=O) groups is 1. The van der Waals surface area contributed by atoms with E-state index >= 15 is 0 Å². The van der Waals surface area contributed by atoms with E-state index in [1.165, 1.54) is 0 Å². The highest BCUT2D eigenvalue weighted by atomic mass is 32.2. The molecule has 0 bridgehead atoms. The molecule has 1 fully saturated rings. The molecule has 1 heterocycles. The third-order valence-electron chi connectivity index (χ3n) is 2.98. The molecule has 1 aliphatic heterocycles. The maximum absolute atomic E-state index is 12.4. The van der Waals surface area contributed by atoms with Gasteiger partial charge >= 0.3 is 0 Å². The van der Waals surface area contributed by atoms with Gasteiger partial charge in [-0.2, -0.15) is 11.8 Å². The quantitative estimate of drug-likeness (QED) is 0.799. The van der Waals surface area contributed by atoms with Crippen molar-refractivity contribution in [2.24, 2.45) is 17.6 Å². The summed E-state index contributed by atoms with van der Waals surface area (Å²) in [5.41, 5.74) is 5.69. The Morgan fingerprint density at radius 1 is 1.47 bits per heavy atom. The van der Waals surface area contributed by atoms with Crippen LogP contribution < -0.4 is 5.73 Å². The second-order valence-electron chi connectivity index (χ2n) is 5.49. The van der Waals surface area contributed by atoms with Gasteiger partial charge in [-0.3, -0.25) is 4.79 Å². The van der Waals surface area contributed by atoms with E-state index in [0.29, 0.717) is 4.99 Å². The summed E-state index contributed by atoms with van der Waals surface area (Å²) < 4.78 is 0.131. The summed E-state index contributed by atoms with van der Waals surface area (Å²) in [6.45, 7) is 9.91. The van der Waals surface area contributed by atoms with Crippen LogP contribution in [0.25, 0.3) is 0 Å². The van der Waals surface area contributed by atoms with Crippen molar-refractivity contribution >= 4 is 34.9 Å². The van der Waals surface area contributed by atoms with E-state index < -0.39 is 0 Å². The third-order valence-corrected chi connectivity index (χ3v) is 4.53. The van der Waals surface area contributed by atoms with Gasteiger partial charge in [0.25, 0.3) is 0 Å². The lowest BCUT2D eigenvalue weighted by molar-refractivity contribution is -0.134. The van der Waals surface area contributed by atoms with E-state index in [0.717, 1.165) is 18.8 Å². The fourth-order valence-corrected chi connectivity index (χ4v) is 3.62. The topological polar surface area (TPSA) is 46.3 Å². The minimum absolute atomic E-state index is 0.0980. The zero-order valence-electron chi connectivity index (χ0n) is 11.0. The van der Waals surface area contributed by atoms with Crippen molar-refractivity contribution in [3.63, 3.8) is 0 Å². The van der Waals surface area contributed by atoms with Crippen molar-refractivity contribution in [2.45, 2.75) is 32.4 Å². The lowest BCUT2D eigenvalue weighted by Crippen LogP contribution is -2.51. The maximum atomic E-state index is 12.4. The molecule has 0 aromatic carbocycles. The van der Waals surface area contributed by atoms with Crippen LogP contribution >= 0.6 is 24.0 Å². The molecule has 1 saturated heterocycles. The largest absolute Gasteiger partial charge is 0.393 e. The van der Waals surface area contributed by atoms with Gasteiger partial charge in [0.15, 0.2) is 0 Å². The number of hydrogen-bond donors (Lipinski definition) is 1. The van der Waals surface area contributed by atoms with E-state index in [-0.39, 0.29) is 22.5 Å². The second kappa shape index (κ2) is 5.57. The number of nitrogens with two attached hydrogens (primary N) is 1. The molecule has 0 aliphatic carbocycles. The Kier molecular flexibility index (Phi) is 4.84. The summed E-state index contributed by atoms with van der Waals surface area (Å²) in [4.78, 5) is 14.7. The van der Waals surface area contributed by atoms with Crippen LogP contribution in [0.2, 0.25) is 0 Å². The molecular weight excluding hydrogens is 252 g/mol. The monoisotopic (exact) mass is 274 g/mol. The first-order chi connectivity index (χ1) is 7.74. The average molecular weight is 274 g/mol. The smallest absolute Gasteiger partial charge is 0.232 e. The molecule has 0 aromatic rings. The Morgan fingerprint density at radius 3 is 2.47 bits per heavy atom. The molecule has 2 N–H and O–H groups in total. The zero-order valence-corrected chi connectivity index (χ0v) is 12.7. The molecule has 0 spiro atoms. The highest BCUT2D eigenvalue weighted by molar-refractivity contribution is 8.00. The summed E-state index contributed by atoms with van der Waals surface area (Å²) in [6, 6.07) is 0. The first-order valence-corrected chi connectivity index (χ1v) is 7.36. The van der Waals surface area contributed by atoms with Gasteiger partial charge in [0, 0.05) is 23.6 Å². The van der Waals surface area contributed by atoms with Gasteiger partial charge in [-0.15, -0.1) is 0 Å². The Morgan fingerprint density at radius 2 is 2.06 bits per heavy atom. The molecule has 1 aliphatic rings. The SMILES string of the molecule is CC(C)C(C(=O)N1CCSC(C)(C)C1)C(N)=S. The maximum Gasteiger partial charge on any atom is 0.232 e. The first-order valence-electron chi connectivity index (χ1n) is 5.96. The minimum Gasteiger partial charge on any atom is -0.393 e. The van der Waals surface area contributed by atoms with Crippen LogP contribution in [-0.4, -0.2) is 39.4 Å². The van der Waals surface area contributed by atoms with Gasteiger partial charge in [-0.05, 0) is 19.8 Å². The molecule has 1 atom stereocenters. The van der Waals surface area contributed by atoms with Crippen LogP contribution in [0.5, 0.6) is 0 Å². The molecule has 98 valence electrons. The Balaban J connectivity index is 2.77. The number of rotatable bonds is 3. The fraction of sp³-hybridized carbons (Fsp3) is 0.833. The van der Waals surface area contributed by atoms with Gasteiger partial charge in [0.2, 0.25) is 5.91 Å². The van der Waals surface area contributed by atoms with Gasteiger partial charge < -0.3 is 10.6 Å². The van der Waals surface area contributed by atoms with Crippen LogP contribution in [0.15, 0.2) is 0 Å². The highest BCUT2D eigenvalue weighted by Gasteiger charge is 2.35. The summed E-state index contributed by atoms with van der Waals surface area (Å²) in [5.74, 6) is 0.934. The van der Waals surface area contributed by atoms with Crippen molar-refractivity contribution in [2.75, 3.05) is 18.8 Å². The van der Waals surface area contributed by atoms with Crippen LogP contribution in [0.3, 0.4) is 0 Å². The Bertz CT molecular complexity index is 316. The summed E-state index contributed by atoms with van der Waals surface area (Å²) >= 11 is 6.93. The van der Waals surface area contributed by atoms with Gasteiger partial charge in [-0.25, -0.2) is 0 Å². The predicted molar refractivity (Wildman–Crippen MR) is 78.2 cm³/mol. The van der Waals surface area contributed by atoms with Crippen LogP contribution in [0.4, 0.5) is 0 Å². The van der Waals surface area contributed by atoms with Crippen molar-refractivity contribution in [3.8, 4) is 0 Å². The predicted octanol–water partition coefficient (Wildman–Crippen LogP) is 1.90. The second-order valence-corrected chi connectivity index (χ2v) is 7.77. The van der Waals surface area contributed by atoms with Crippen LogP contribution in [0.1, 0.15) is 27.7 Å². The van der Waals surface area contributed by atoms with E-state index in [2.05, 4.69) is 13.8 Å². The van der Waals surface area contributed by atoms with E-state index in [9.17, 15) is 4.79 Å². The Hall–Kier alpha value is -0.290. The molecule has 1 unspecified atom stereocenters. The minimum atomic E-state index is -0.316. The van der Waals surface area contributed by atoms with Crippen LogP contribution in [0, 0.1) is 11.8 Å². The lowest BCUT2D eigenvalue weighted by atomic mass is 9.94. The van der Waals surface area contributed by atoms with Crippen molar-refractivity contribution in [1.82, 2.24) is 4.90 Å². The first kappa shape index (κ1) is 14.8.